The van der Waals surface area contributed by atoms with Crippen molar-refractivity contribution in [3.05, 3.63) is 41.6 Å². The van der Waals surface area contributed by atoms with Crippen molar-refractivity contribution in [2.75, 3.05) is 0 Å². The highest BCUT2D eigenvalue weighted by Gasteiger charge is 2.10. The van der Waals surface area contributed by atoms with E-state index in [0.29, 0.717) is 0 Å². The first-order chi connectivity index (χ1) is 7.09. The van der Waals surface area contributed by atoms with Gasteiger partial charge in [-0.2, -0.15) is 0 Å². The third-order valence-corrected chi connectivity index (χ3v) is 1.99. The molecule has 2 rings (SSSR count). The van der Waals surface area contributed by atoms with Crippen molar-refractivity contribution >= 4 is 16.9 Å². The van der Waals surface area contributed by atoms with Crippen LogP contribution in [0.25, 0.3) is 10.9 Å². The Hall–Kier alpha value is -2.04. The highest BCUT2D eigenvalue weighted by atomic mass is 19.2. The summed E-state index contributed by atoms with van der Waals surface area (Å²) < 4.78 is 25.9. The summed E-state index contributed by atoms with van der Waals surface area (Å²) in [4.78, 5) is 14.2. The Morgan fingerprint density at radius 2 is 2.07 bits per heavy atom. The van der Waals surface area contributed by atoms with E-state index in [0.717, 1.165) is 12.3 Å². The van der Waals surface area contributed by atoms with E-state index < -0.39 is 17.6 Å². The molecule has 2 aromatic rings. The SMILES string of the molecule is O=C(O)c1cnc2c(F)c(F)ccc2c1. The molecule has 1 N–H and O–H groups in total. The first kappa shape index (κ1) is 9.51. The smallest absolute Gasteiger partial charge is 0.337 e. The van der Waals surface area contributed by atoms with E-state index in [1.807, 2.05) is 0 Å². The Balaban J connectivity index is 2.75. The molecule has 0 aliphatic heterocycles. The molecule has 1 heterocycles. The molecule has 0 saturated carbocycles. The minimum Gasteiger partial charge on any atom is -0.478 e. The molecule has 0 spiro atoms. The summed E-state index contributed by atoms with van der Waals surface area (Å²) in [5, 5.41) is 8.92. The molecule has 0 aliphatic rings. The summed E-state index contributed by atoms with van der Waals surface area (Å²) in [5.74, 6) is -3.23. The van der Waals surface area contributed by atoms with Gasteiger partial charge >= 0.3 is 5.97 Å². The van der Waals surface area contributed by atoms with E-state index in [-0.39, 0.29) is 16.5 Å². The molecular formula is C10H5F2NO2. The van der Waals surface area contributed by atoms with E-state index in [2.05, 4.69) is 4.98 Å². The van der Waals surface area contributed by atoms with Crippen molar-refractivity contribution in [1.29, 1.82) is 0 Å². The lowest BCUT2D eigenvalue weighted by Gasteiger charge is -2.00. The third-order valence-electron chi connectivity index (χ3n) is 1.99. The first-order valence-electron chi connectivity index (χ1n) is 4.06. The molecule has 0 fully saturated rings. The molecule has 0 saturated heterocycles. The lowest BCUT2D eigenvalue weighted by Crippen LogP contribution is -1.98. The number of aromatic carboxylic acids is 1. The number of rotatable bonds is 1. The number of carboxylic acid groups (broad SMARTS) is 1. The third kappa shape index (κ3) is 1.52. The highest BCUT2D eigenvalue weighted by Crippen LogP contribution is 2.19. The normalized spacial score (nSPS) is 10.5. The highest BCUT2D eigenvalue weighted by molar-refractivity contribution is 5.92. The van der Waals surface area contributed by atoms with E-state index in [9.17, 15) is 13.6 Å². The van der Waals surface area contributed by atoms with E-state index in [1.54, 1.807) is 0 Å². The lowest BCUT2D eigenvalue weighted by molar-refractivity contribution is 0.0696. The van der Waals surface area contributed by atoms with Crippen molar-refractivity contribution < 1.29 is 18.7 Å². The van der Waals surface area contributed by atoms with Crippen LogP contribution in [0.5, 0.6) is 0 Å². The number of carboxylic acids is 1. The van der Waals surface area contributed by atoms with Crippen molar-refractivity contribution in [3.8, 4) is 0 Å². The number of benzene rings is 1. The number of aromatic nitrogens is 1. The zero-order valence-electron chi connectivity index (χ0n) is 7.37. The molecule has 3 nitrogen and oxygen atoms in total. The second kappa shape index (κ2) is 3.27. The summed E-state index contributed by atoms with van der Waals surface area (Å²) in [6.45, 7) is 0. The molecule has 1 aromatic heterocycles. The molecule has 0 aliphatic carbocycles. The molecule has 5 heteroatoms. The summed E-state index contributed by atoms with van der Waals surface area (Å²) >= 11 is 0. The second-order valence-electron chi connectivity index (χ2n) is 2.96. The van der Waals surface area contributed by atoms with Gasteiger partial charge in [-0.25, -0.2) is 13.6 Å². The van der Waals surface area contributed by atoms with Crippen LogP contribution in [-0.2, 0) is 0 Å². The van der Waals surface area contributed by atoms with Gasteiger partial charge in [-0.1, -0.05) is 0 Å². The van der Waals surface area contributed by atoms with Crippen LogP contribution in [-0.4, -0.2) is 16.1 Å². The van der Waals surface area contributed by atoms with Crippen LogP contribution in [0.3, 0.4) is 0 Å². The van der Waals surface area contributed by atoms with Gasteiger partial charge in [0.05, 0.1) is 5.56 Å². The number of pyridine rings is 1. The standard InChI is InChI=1S/C10H5F2NO2/c11-7-2-1-5-3-6(10(14)15)4-13-9(5)8(7)12/h1-4H,(H,14,15). The number of carbonyl (C=O) groups is 1. The number of fused-ring (bicyclic) bond motifs is 1. The van der Waals surface area contributed by atoms with E-state index >= 15 is 0 Å². The van der Waals surface area contributed by atoms with Gasteiger partial charge in [0, 0.05) is 11.6 Å². The fourth-order valence-corrected chi connectivity index (χ4v) is 1.26. The minimum absolute atomic E-state index is 0.0616. The van der Waals surface area contributed by atoms with Gasteiger partial charge in [0.15, 0.2) is 11.6 Å². The Morgan fingerprint density at radius 1 is 1.33 bits per heavy atom. The van der Waals surface area contributed by atoms with Gasteiger partial charge in [0.2, 0.25) is 0 Å². The molecule has 76 valence electrons. The van der Waals surface area contributed by atoms with Crippen molar-refractivity contribution in [1.82, 2.24) is 4.98 Å². The quantitative estimate of drug-likeness (QED) is 0.783. The molecule has 0 bridgehead atoms. The van der Waals surface area contributed by atoms with Gasteiger partial charge in [0.1, 0.15) is 5.52 Å². The Morgan fingerprint density at radius 3 is 2.73 bits per heavy atom. The van der Waals surface area contributed by atoms with Gasteiger partial charge in [-0.05, 0) is 18.2 Å². The van der Waals surface area contributed by atoms with Crippen molar-refractivity contribution in [2.45, 2.75) is 0 Å². The van der Waals surface area contributed by atoms with Gasteiger partial charge in [-0.3, -0.25) is 4.98 Å². The molecule has 1 aromatic carbocycles. The van der Waals surface area contributed by atoms with Crippen LogP contribution in [0, 0.1) is 11.6 Å². The maximum Gasteiger partial charge on any atom is 0.337 e. The maximum absolute atomic E-state index is 13.1. The zero-order chi connectivity index (χ0) is 11.0. The second-order valence-corrected chi connectivity index (χ2v) is 2.96. The van der Waals surface area contributed by atoms with Crippen molar-refractivity contribution in [2.24, 2.45) is 0 Å². The summed E-state index contributed by atoms with van der Waals surface area (Å²) in [6, 6.07) is 3.46. The largest absolute Gasteiger partial charge is 0.478 e. The van der Waals surface area contributed by atoms with E-state index in [1.165, 1.54) is 12.1 Å². The maximum atomic E-state index is 13.1. The number of halogens is 2. The number of hydrogen-bond acceptors (Lipinski definition) is 2. The molecule has 0 unspecified atom stereocenters. The monoisotopic (exact) mass is 209 g/mol. The van der Waals surface area contributed by atoms with Crippen LogP contribution in [0.4, 0.5) is 8.78 Å². The van der Waals surface area contributed by atoms with Crippen LogP contribution in [0.15, 0.2) is 24.4 Å². The number of nitrogens with zero attached hydrogens (tertiary/aromatic N) is 1. The molecule has 15 heavy (non-hydrogen) atoms. The van der Waals surface area contributed by atoms with Gasteiger partial charge in [0.25, 0.3) is 0 Å². The fraction of sp³-hybridized carbons (Fsp3) is 0. The topological polar surface area (TPSA) is 50.2 Å². The fourth-order valence-electron chi connectivity index (χ4n) is 1.26. The van der Waals surface area contributed by atoms with Crippen LogP contribution in [0.2, 0.25) is 0 Å². The van der Waals surface area contributed by atoms with Gasteiger partial charge in [-0.15, -0.1) is 0 Å². The summed E-state index contributed by atoms with van der Waals surface area (Å²) in [7, 11) is 0. The Bertz CT molecular complexity index is 554. The Kier molecular flexibility index (Phi) is 2.07. The van der Waals surface area contributed by atoms with Crippen LogP contribution < -0.4 is 0 Å². The lowest BCUT2D eigenvalue weighted by atomic mass is 10.1. The van der Waals surface area contributed by atoms with Crippen LogP contribution >= 0.6 is 0 Å². The summed E-state index contributed by atoms with van der Waals surface area (Å²) in [6.07, 6.45) is 0.993. The molecule has 0 amide bonds. The number of hydrogen-bond donors (Lipinski definition) is 1. The predicted octanol–water partition coefficient (Wildman–Crippen LogP) is 2.21. The zero-order valence-corrected chi connectivity index (χ0v) is 7.37. The van der Waals surface area contributed by atoms with E-state index in [4.69, 9.17) is 5.11 Å². The Labute approximate surface area is 83.0 Å². The average molecular weight is 209 g/mol. The van der Waals surface area contributed by atoms with Crippen LogP contribution in [0.1, 0.15) is 10.4 Å². The minimum atomic E-state index is -1.16. The summed E-state index contributed by atoms with van der Waals surface area (Å²) in [5.41, 5.74) is -0.228. The van der Waals surface area contributed by atoms with Crippen molar-refractivity contribution in [3.63, 3.8) is 0 Å². The average Bonchev–Trinajstić information content (AvgIpc) is 2.23. The predicted molar refractivity (Wildman–Crippen MR) is 48.6 cm³/mol. The molecule has 0 atom stereocenters. The van der Waals surface area contributed by atoms with Gasteiger partial charge < -0.3 is 5.11 Å². The molecular weight excluding hydrogens is 204 g/mol. The molecule has 0 radical (unpaired) electrons. The first-order valence-corrected chi connectivity index (χ1v) is 4.06.